The van der Waals surface area contributed by atoms with Gasteiger partial charge in [-0.2, -0.15) is 0 Å². The highest BCUT2D eigenvalue weighted by Crippen LogP contribution is 2.41. The number of nitrogens with zero attached hydrogens (tertiary/aromatic N) is 1. The van der Waals surface area contributed by atoms with Crippen LogP contribution in [0.25, 0.3) is 0 Å². The number of ether oxygens (including phenoxy) is 1. The van der Waals surface area contributed by atoms with Gasteiger partial charge in [-0.1, -0.05) is 41.0 Å². The minimum atomic E-state index is 0.468. The summed E-state index contributed by atoms with van der Waals surface area (Å²) in [6.45, 7) is 15.8. The summed E-state index contributed by atoms with van der Waals surface area (Å²) >= 11 is 0. The fourth-order valence-electron chi connectivity index (χ4n) is 3.82. The topological polar surface area (TPSA) is 24.5 Å². The van der Waals surface area contributed by atoms with Crippen LogP contribution in [0.3, 0.4) is 0 Å². The lowest BCUT2D eigenvalue weighted by Crippen LogP contribution is -2.55. The van der Waals surface area contributed by atoms with Gasteiger partial charge in [0.25, 0.3) is 0 Å². The van der Waals surface area contributed by atoms with Gasteiger partial charge in [0.15, 0.2) is 0 Å². The maximum atomic E-state index is 5.31. The molecule has 0 radical (unpaired) electrons. The summed E-state index contributed by atoms with van der Waals surface area (Å²) in [5.41, 5.74) is 0.468. The van der Waals surface area contributed by atoms with E-state index in [2.05, 4.69) is 44.8 Å². The lowest BCUT2D eigenvalue weighted by Gasteiger charge is -2.47. The van der Waals surface area contributed by atoms with Crippen LogP contribution >= 0.6 is 0 Å². The van der Waals surface area contributed by atoms with Gasteiger partial charge >= 0.3 is 0 Å². The van der Waals surface area contributed by atoms with Crippen molar-refractivity contribution in [2.24, 2.45) is 11.3 Å². The van der Waals surface area contributed by atoms with Gasteiger partial charge in [0, 0.05) is 25.7 Å². The van der Waals surface area contributed by atoms with Gasteiger partial charge in [0.1, 0.15) is 0 Å². The van der Waals surface area contributed by atoms with Crippen LogP contribution in [-0.2, 0) is 4.74 Å². The first-order valence-corrected chi connectivity index (χ1v) is 8.96. The molecule has 0 heterocycles. The molecule has 0 aromatic rings. The van der Waals surface area contributed by atoms with Gasteiger partial charge in [-0.25, -0.2) is 0 Å². The second kappa shape index (κ2) is 9.12. The Balaban J connectivity index is 2.79. The van der Waals surface area contributed by atoms with E-state index < -0.39 is 0 Å². The number of likely N-dealkylation sites (N-methyl/N-ethyl adjacent to an activating group) is 2. The molecule has 3 atom stereocenters. The van der Waals surface area contributed by atoms with E-state index in [9.17, 15) is 0 Å². The number of hydrogen-bond donors (Lipinski definition) is 1. The molecule has 0 amide bonds. The van der Waals surface area contributed by atoms with Crippen molar-refractivity contribution in [1.29, 1.82) is 0 Å². The molecule has 0 aromatic carbocycles. The van der Waals surface area contributed by atoms with E-state index in [-0.39, 0.29) is 0 Å². The van der Waals surface area contributed by atoms with Crippen molar-refractivity contribution in [3.05, 3.63) is 0 Å². The van der Waals surface area contributed by atoms with Gasteiger partial charge in [0.05, 0.1) is 6.61 Å². The van der Waals surface area contributed by atoms with Gasteiger partial charge in [0.2, 0.25) is 0 Å². The fourth-order valence-corrected chi connectivity index (χ4v) is 3.82. The van der Waals surface area contributed by atoms with Crippen molar-refractivity contribution >= 4 is 0 Å². The Bertz CT molecular complexity index is 280. The van der Waals surface area contributed by atoms with Crippen LogP contribution in [0.4, 0.5) is 0 Å². The minimum absolute atomic E-state index is 0.468. The zero-order valence-corrected chi connectivity index (χ0v) is 15.2. The van der Waals surface area contributed by atoms with Crippen molar-refractivity contribution < 1.29 is 4.74 Å². The summed E-state index contributed by atoms with van der Waals surface area (Å²) in [5, 5.41) is 3.73. The molecule has 126 valence electrons. The average Bonchev–Trinajstić information content (AvgIpc) is 2.49. The van der Waals surface area contributed by atoms with Crippen molar-refractivity contribution in [3.8, 4) is 0 Å². The van der Waals surface area contributed by atoms with E-state index >= 15 is 0 Å². The lowest BCUT2D eigenvalue weighted by atomic mass is 9.67. The molecule has 0 aromatic heterocycles. The standard InChI is InChI=1S/C18H38N2O/c1-7-18(4,5)15-10-11-16(19-8-2)17(14-15)20(9-3)12-13-21-6/h15-17,19H,7-14H2,1-6H3. The first kappa shape index (κ1) is 18.9. The third kappa shape index (κ3) is 5.22. The number of methoxy groups -OCH3 is 1. The van der Waals surface area contributed by atoms with Crippen LogP contribution < -0.4 is 5.32 Å². The molecular formula is C18H38N2O. The molecule has 1 aliphatic carbocycles. The Morgan fingerprint density at radius 1 is 1.19 bits per heavy atom. The van der Waals surface area contributed by atoms with E-state index in [1.54, 1.807) is 7.11 Å². The Hall–Kier alpha value is -0.120. The molecule has 1 aliphatic rings. The number of hydrogen-bond acceptors (Lipinski definition) is 3. The monoisotopic (exact) mass is 298 g/mol. The Morgan fingerprint density at radius 3 is 2.43 bits per heavy atom. The first-order chi connectivity index (χ1) is 10.00. The second-order valence-corrected chi connectivity index (χ2v) is 7.21. The molecule has 0 saturated heterocycles. The molecule has 21 heavy (non-hydrogen) atoms. The minimum Gasteiger partial charge on any atom is -0.383 e. The summed E-state index contributed by atoms with van der Waals surface area (Å²) in [6.07, 6.45) is 5.30. The molecule has 1 saturated carbocycles. The van der Waals surface area contributed by atoms with Gasteiger partial charge < -0.3 is 10.1 Å². The molecule has 1 rings (SSSR count). The van der Waals surface area contributed by atoms with Crippen LogP contribution in [0.1, 0.15) is 60.3 Å². The number of nitrogens with one attached hydrogen (secondary N) is 1. The zero-order chi connectivity index (χ0) is 15.9. The van der Waals surface area contributed by atoms with Crippen LogP contribution in [0.5, 0.6) is 0 Å². The third-order valence-electron chi connectivity index (χ3n) is 5.76. The fraction of sp³-hybridized carbons (Fsp3) is 1.00. The van der Waals surface area contributed by atoms with Gasteiger partial charge in [-0.15, -0.1) is 0 Å². The van der Waals surface area contributed by atoms with Crippen molar-refractivity contribution in [2.45, 2.75) is 72.4 Å². The Morgan fingerprint density at radius 2 is 1.90 bits per heavy atom. The van der Waals surface area contributed by atoms with Crippen LogP contribution in [0.2, 0.25) is 0 Å². The maximum Gasteiger partial charge on any atom is 0.0589 e. The van der Waals surface area contributed by atoms with E-state index in [0.29, 0.717) is 17.5 Å². The van der Waals surface area contributed by atoms with Crippen LogP contribution in [-0.4, -0.2) is 50.3 Å². The van der Waals surface area contributed by atoms with E-state index in [4.69, 9.17) is 4.74 Å². The van der Waals surface area contributed by atoms with E-state index in [1.165, 1.54) is 25.7 Å². The summed E-state index contributed by atoms with van der Waals surface area (Å²) in [6, 6.07) is 1.31. The van der Waals surface area contributed by atoms with Crippen molar-refractivity contribution in [3.63, 3.8) is 0 Å². The normalized spacial score (nSPS) is 27.3. The first-order valence-electron chi connectivity index (χ1n) is 8.96. The highest BCUT2D eigenvalue weighted by Gasteiger charge is 2.38. The Labute approximate surface area is 132 Å². The Kier molecular flexibility index (Phi) is 8.22. The predicted molar refractivity (Wildman–Crippen MR) is 91.8 cm³/mol. The molecule has 1 N–H and O–H groups in total. The van der Waals surface area contributed by atoms with E-state index in [1.807, 2.05) is 0 Å². The lowest BCUT2D eigenvalue weighted by molar-refractivity contribution is 0.0390. The highest BCUT2D eigenvalue weighted by molar-refractivity contribution is 4.94. The molecule has 0 aliphatic heterocycles. The van der Waals surface area contributed by atoms with E-state index in [0.717, 1.165) is 32.2 Å². The smallest absolute Gasteiger partial charge is 0.0589 e. The number of rotatable bonds is 9. The molecule has 0 bridgehead atoms. The summed E-state index contributed by atoms with van der Waals surface area (Å²) in [5.74, 6) is 0.846. The summed E-state index contributed by atoms with van der Waals surface area (Å²) in [7, 11) is 1.81. The molecule has 3 nitrogen and oxygen atoms in total. The maximum absolute atomic E-state index is 5.31. The van der Waals surface area contributed by atoms with Crippen LogP contribution in [0.15, 0.2) is 0 Å². The summed E-state index contributed by atoms with van der Waals surface area (Å²) in [4.78, 5) is 2.63. The van der Waals surface area contributed by atoms with Crippen LogP contribution in [0, 0.1) is 11.3 Å². The predicted octanol–water partition coefficient (Wildman–Crippen LogP) is 3.54. The quantitative estimate of drug-likeness (QED) is 0.704. The van der Waals surface area contributed by atoms with Gasteiger partial charge in [-0.05, 0) is 43.7 Å². The molecule has 0 spiro atoms. The average molecular weight is 299 g/mol. The molecule has 1 fully saturated rings. The second-order valence-electron chi connectivity index (χ2n) is 7.21. The highest BCUT2D eigenvalue weighted by atomic mass is 16.5. The SMILES string of the molecule is CCNC1CCC(C(C)(C)CC)CC1N(CC)CCOC. The van der Waals surface area contributed by atoms with Crippen molar-refractivity contribution in [1.82, 2.24) is 10.2 Å². The zero-order valence-electron chi connectivity index (χ0n) is 15.2. The molecule has 3 unspecified atom stereocenters. The van der Waals surface area contributed by atoms with Crippen molar-refractivity contribution in [2.75, 3.05) is 33.4 Å². The summed E-state index contributed by atoms with van der Waals surface area (Å²) < 4.78 is 5.31. The largest absolute Gasteiger partial charge is 0.383 e. The molecular weight excluding hydrogens is 260 g/mol. The van der Waals surface area contributed by atoms with Gasteiger partial charge in [-0.3, -0.25) is 4.90 Å². The molecule has 3 heteroatoms. The third-order valence-corrected chi connectivity index (χ3v) is 5.76.